The van der Waals surface area contributed by atoms with Gasteiger partial charge in [-0.2, -0.15) is 26.3 Å². The molecule has 2 nitrogen and oxygen atoms in total. The van der Waals surface area contributed by atoms with Crippen LogP contribution in [0.25, 0.3) is 0 Å². The Morgan fingerprint density at radius 1 is 0.947 bits per heavy atom. The highest BCUT2D eigenvalue weighted by atomic mass is 19.4. The second-order valence-electron chi connectivity index (χ2n) is 3.63. The third-order valence-corrected chi connectivity index (χ3v) is 2.22. The first-order chi connectivity index (χ1) is 8.64. The molecule has 106 valence electrons. The van der Waals surface area contributed by atoms with Crippen molar-refractivity contribution in [2.24, 2.45) is 0 Å². The van der Waals surface area contributed by atoms with Crippen LogP contribution >= 0.6 is 0 Å². The Morgan fingerprint density at radius 3 is 1.79 bits per heavy atom. The summed E-state index contributed by atoms with van der Waals surface area (Å²) in [5, 5.41) is 0. The molecule has 0 amide bonds. The van der Waals surface area contributed by atoms with E-state index < -0.39 is 23.5 Å². The van der Waals surface area contributed by atoms with E-state index in [0.29, 0.717) is 12.1 Å². The molecule has 0 bridgehead atoms. The molecule has 0 saturated heterocycles. The highest BCUT2D eigenvalue weighted by Gasteiger charge is 2.36. The van der Waals surface area contributed by atoms with Gasteiger partial charge in [-0.05, 0) is 23.8 Å². The van der Waals surface area contributed by atoms with Gasteiger partial charge in [-0.1, -0.05) is 0 Å². The fourth-order valence-electron chi connectivity index (χ4n) is 1.39. The number of rotatable bonds is 4. The zero-order valence-corrected chi connectivity index (χ0v) is 9.31. The van der Waals surface area contributed by atoms with Crippen LogP contribution in [-0.4, -0.2) is 13.1 Å². The SMILES string of the molecule is O=COCCc1cc(C(F)(F)F)cc(C(F)(F)F)c1. The zero-order chi connectivity index (χ0) is 14.7. The van der Waals surface area contributed by atoms with Gasteiger partial charge in [-0.25, -0.2) is 0 Å². The van der Waals surface area contributed by atoms with Crippen molar-refractivity contribution in [2.45, 2.75) is 18.8 Å². The van der Waals surface area contributed by atoms with Crippen LogP contribution in [0.1, 0.15) is 16.7 Å². The van der Waals surface area contributed by atoms with Gasteiger partial charge in [0.2, 0.25) is 0 Å². The van der Waals surface area contributed by atoms with Gasteiger partial charge in [0, 0.05) is 6.42 Å². The van der Waals surface area contributed by atoms with E-state index in [1.54, 1.807) is 0 Å². The van der Waals surface area contributed by atoms with Crippen LogP contribution in [0.4, 0.5) is 26.3 Å². The van der Waals surface area contributed by atoms with Crippen molar-refractivity contribution in [3.63, 3.8) is 0 Å². The summed E-state index contributed by atoms with van der Waals surface area (Å²) < 4.78 is 79.1. The molecule has 0 heterocycles. The summed E-state index contributed by atoms with van der Waals surface area (Å²) in [6.45, 7) is -0.222. The molecule has 1 rings (SSSR count). The number of carbonyl (C=O) groups excluding carboxylic acids is 1. The van der Waals surface area contributed by atoms with Crippen LogP contribution in [0.2, 0.25) is 0 Å². The molecule has 1 aromatic rings. The van der Waals surface area contributed by atoms with Gasteiger partial charge in [-0.3, -0.25) is 4.79 Å². The zero-order valence-electron chi connectivity index (χ0n) is 9.31. The number of ether oxygens (including phenoxy) is 1. The Kier molecular flexibility index (Phi) is 4.43. The third kappa shape index (κ3) is 4.46. The minimum absolute atomic E-state index is 0.0457. The van der Waals surface area contributed by atoms with E-state index in [0.717, 1.165) is 0 Å². The third-order valence-electron chi connectivity index (χ3n) is 2.22. The summed E-state index contributed by atoms with van der Waals surface area (Å²) >= 11 is 0. The van der Waals surface area contributed by atoms with Gasteiger partial charge < -0.3 is 4.74 Å². The lowest BCUT2D eigenvalue weighted by Crippen LogP contribution is -2.12. The molecule has 0 N–H and O–H groups in total. The second-order valence-corrected chi connectivity index (χ2v) is 3.63. The average Bonchev–Trinajstić information content (AvgIpc) is 2.27. The minimum atomic E-state index is -4.87. The van der Waals surface area contributed by atoms with Gasteiger partial charge in [-0.15, -0.1) is 0 Å². The van der Waals surface area contributed by atoms with Gasteiger partial charge >= 0.3 is 12.4 Å². The first kappa shape index (κ1) is 15.3. The van der Waals surface area contributed by atoms with Crippen LogP contribution in [0.5, 0.6) is 0 Å². The Labute approximate surface area is 104 Å². The van der Waals surface area contributed by atoms with E-state index in [9.17, 15) is 31.1 Å². The first-order valence-corrected chi connectivity index (χ1v) is 4.98. The molecular formula is C11H8F6O2. The molecule has 0 aliphatic heterocycles. The molecule has 19 heavy (non-hydrogen) atoms. The predicted octanol–water partition coefficient (Wildman–Crippen LogP) is 3.44. The van der Waals surface area contributed by atoms with Crippen LogP contribution < -0.4 is 0 Å². The van der Waals surface area contributed by atoms with Gasteiger partial charge in [0.15, 0.2) is 0 Å². The van der Waals surface area contributed by atoms with E-state index >= 15 is 0 Å². The summed E-state index contributed by atoms with van der Waals surface area (Å²) in [7, 11) is 0. The molecule has 0 spiro atoms. The van der Waals surface area contributed by atoms with Gasteiger partial charge in [0.25, 0.3) is 6.47 Å². The lowest BCUT2D eigenvalue weighted by molar-refractivity contribution is -0.143. The molecule has 0 unspecified atom stereocenters. The molecular weight excluding hydrogens is 278 g/mol. The second kappa shape index (κ2) is 5.50. The summed E-state index contributed by atoms with van der Waals surface area (Å²) in [4.78, 5) is 9.87. The van der Waals surface area contributed by atoms with Crippen molar-refractivity contribution in [3.8, 4) is 0 Å². The summed E-state index contributed by atoms with van der Waals surface area (Å²) in [6, 6.07) is 1.25. The fraction of sp³-hybridized carbons (Fsp3) is 0.364. The van der Waals surface area contributed by atoms with Crippen molar-refractivity contribution in [1.29, 1.82) is 0 Å². The lowest BCUT2D eigenvalue weighted by atomic mass is 10.0. The van der Waals surface area contributed by atoms with Crippen molar-refractivity contribution in [2.75, 3.05) is 6.61 Å². The van der Waals surface area contributed by atoms with E-state index in [1.165, 1.54) is 0 Å². The Bertz CT molecular complexity index is 417. The fourth-order valence-corrected chi connectivity index (χ4v) is 1.39. The molecule has 0 radical (unpaired) electrons. The summed E-state index contributed by atoms with van der Waals surface area (Å²) in [5.41, 5.74) is -2.98. The van der Waals surface area contributed by atoms with Crippen molar-refractivity contribution in [3.05, 3.63) is 34.9 Å². The highest BCUT2D eigenvalue weighted by Crippen LogP contribution is 2.36. The monoisotopic (exact) mass is 286 g/mol. The van der Waals surface area contributed by atoms with Crippen LogP contribution in [0, 0.1) is 0 Å². The molecule has 0 atom stereocenters. The Balaban J connectivity index is 3.13. The summed E-state index contributed by atoms with van der Waals surface area (Å²) in [6.07, 6.45) is -9.98. The molecule has 1 aromatic carbocycles. The van der Waals surface area contributed by atoms with E-state index in [-0.39, 0.29) is 31.1 Å². The maximum atomic E-state index is 12.5. The molecule has 8 heteroatoms. The quantitative estimate of drug-likeness (QED) is 0.481. The van der Waals surface area contributed by atoms with Crippen molar-refractivity contribution >= 4 is 6.47 Å². The van der Waals surface area contributed by atoms with Crippen LogP contribution in [0.15, 0.2) is 18.2 Å². The number of halogens is 6. The summed E-state index contributed by atoms with van der Waals surface area (Å²) in [5.74, 6) is 0. The average molecular weight is 286 g/mol. The maximum absolute atomic E-state index is 12.5. The topological polar surface area (TPSA) is 26.3 Å². The van der Waals surface area contributed by atoms with Crippen molar-refractivity contribution in [1.82, 2.24) is 0 Å². The standard InChI is InChI=1S/C11H8F6O2/c12-10(13,14)8-3-7(1-2-19-6-18)4-9(5-8)11(15,16)17/h3-6H,1-2H2. The molecule has 0 aliphatic carbocycles. The number of hydrogen-bond donors (Lipinski definition) is 0. The van der Waals surface area contributed by atoms with E-state index in [4.69, 9.17) is 0 Å². The van der Waals surface area contributed by atoms with E-state index in [2.05, 4.69) is 4.74 Å². The lowest BCUT2D eigenvalue weighted by Gasteiger charge is -2.14. The normalized spacial score (nSPS) is 12.3. The molecule has 0 fully saturated rings. The van der Waals surface area contributed by atoms with Gasteiger partial charge in [0.05, 0.1) is 17.7 Å². The molecule has 0 saturated carbocycles. The van der Waals surface area contributed by atoms with Crippen molar-refractivity contribution < 1.29 is 35.9 Å². The van der Waals surface area contributed by atoms with Gasteiger partial charge in [0.1, 0.15) is 0 Å². The molecule has 0 aromatic heterocycles. The predicted molar refractivity (Wildman–Crippen MR) is 52.2 cm³/mol. The van der Waals surface area contributed by atoms with E-state index in [1.807, 2.05) is 0 Å². The number of alkyl halides is 6. The van der Waals surface area contributed by atoms with Crippen LogP contribution in [-0.2, 0) is 28.3 Å². The van der Waals surface area contributed by atoms with Crippen LogP contribution in [0.3, 0.4) is 0 Å². The number of carbonyl (C=O) groups is 1. The maximum Gasteiger partial charge on any atom is 0.416 e. The smallest absolute Gasteiger partial charge is 0.416 e. The number of benzene rings is 1. The Morgan fingerprint density at radius 2 is 1.42 bits per heavy atom. The Hall–Kier alpha value is -1.73. The minimum Gasteiger partial charge on any atom is -0.468 e. The molecule has 0 aliphatic rings. The highest BCUT2D eigenvalue weighted by molar-refractivity contribution is 5.37. The number of hydrogen-bond acceptors (Lipinski definition) is 2. The first-order valence-electron chi connectivity index (χ1n) is 4.98. The largest absolute Gasteiger partial charge is 0.468 e.